The molecule has 0 fully saturated rings. The summed E-state index contributed by atoms with van der Waals surface area (Å²) in [6.07, 6.45) is 0.886. The van der Waals surface area contributed by atoms with Gasteiger partial charge in [0.1, 0.15) is 36.9 Å². The second kappa shape index (κ2) is 16.2. The number of rotatable bonds is 12. The van der Waals surface area contributed by atoms with Crippen LogP contribution in [0.2, 0.25) is 0 Å². The molecule has 1 aromatic heterocycles. The Morgan fingerprint density at radius 2 is 1.21 bits per heavy atom. The van der Waals surface area contributed by atoms with Crippen molar-refractivity contribution in [3.8, 4) is 11.5 Å². The summed E-state index contributed by atoms with van der Waals surface area (Å²) in [4.78, 5) is 3.13. The highest BCUT2D eigenvalue weighted by Crippen LogP contribution is 2.25. The Labute approximate surface area is 232 Å². The standard InChI is InChI=1S/C16H21NO2.C14H20N2O2.ClH/c1-12(2)17-10-14(18)11-19-16-9-5-7-13-6-3-4-8-15(13)16;1-10(2)16-8-11(17)9-18-14-5-3-4-13-12(14)6-7-15-13;/h3-9,12,14,17-18H,10-11H2,1-2H3;3-7,10-11,15-17H,8-9H2,1-2H3;1H. The third-order valence-corrected chi connectivity index (χ3v) is 5.69. The van der Waals surface area contributed by atoms with Crippen molar-refractivity contribution in [2.45, 2.75) is 52.0 Å². The summed E-state index contributed by atoms with van der Waals surface area (Å²) >= 11 is 0. The smallest absolute Gasteiger partial charge is 0.128 e. The van der Waals surface area contributed by atoms with E-state index in [1.54, 1.807) is 0 Å². The number of aromatic nitrogens is 1. The first-order chi connectivity index (χ1) is 17.8. The van der Waals surface area contributed by atoms with Gasteiger partial charge in [-0.3, -0.25) is 0 Å². The maximum atomic E-state index is 9.84. The van der Waals surface area contributed by atoms with Crippen LogP contribution in [0.5, 0.6) is 11.5 Å². The molecule has 0 saturated heterocycles. The fourth-order valence-electron chi connectivity index (χ4n) is 3.74. The molecule has 2 atom stereocenters. The normalized spacial score (nSPS) is 12.6. The summed E-state index contributed by atoms with van der Waals surface area (Å²) in [5.41, 5.74) is 1.04. The number of fused-ring (bicyclic) bond motifs is 2. The summed E-state index contributed by atoms with van der Waals surface area (Å²) < 4.78 is 11.4. The van der Waals surface area contributed by atoms with Gasteiger partial charge in [0.15, 0.2) is 0 Å². The van der Waals surface area contributed by atoms with Crippen molar-refractivity contribution < 1.29 is 19.7 Å². The van der Waals surface area contributed by atoms with Gasteiger partial charge in [0.2, 0.25) is 0 Å². The highest BCUT2D eigenvalue weighted by Gasteiger charge is 2.09. The van der Waals surface area contributed by atoms with Gasteiger partial charge in [0, 0.05) is 47.7 Å². The minimum absolute atomic E-state index is 0. The molecule has 1 heterocycles. The molecule has 0 aliphatic heterocycles. The van der Waals surface area contributed by atoms with Crippen molar-refractivity contribution in [2.75, 3.05) is 26.3 Å². The lowest BCUT2D eigenvalue weighted by Crippen LogP contribution is -2.35. The van der Waals surface area contributed by atoms with E-state index >= 15 is 0 Å². The highest BCUT2D eigenvalue weighted by atomic mass is 35.5. The first-order valence-corrected chi connectivity index (χ1v) is 13.0. The SMILES string of the molecule is CC(C)NCC(O)COc1cccc2[nH]ccc12.CC(C)NCC(O)COc1cccc2ccccc12.Cl. The molecule has 0 saturated carbocycles. The average Bonchev–Trinajstić information content (AvgIpc) is 3.38. The molecule has 38 heavy (non-hydrogen) atoms. The molecule has 0 amide bonds. The maximum absolute atomic E-state index is 9.84. The molecule has 7 nitrogen and oxygen atoms in total. The number of aliphatic hydroxyl groups excluding tert-OH is 2. The number of ether oxygens (including phenoxy) is 2. The predicted molar refractivity (Wildman–Crippen MR) is 159 cm³/mol. The lowest BCUT2D eigenvalue weighted by Gasteiger charge is -2.15. The quantitative estimate of drug-likeness (QED) is 0.174. The van der Waals surface area contributed by atoms with Crippen molar-refractivity contribution >= 4 is 34.1 Å². The predicted octanol–water partition coefficient (Wildman–Crippen LogP) is 4.90. The molecular weight excluding hydrogens is 502 g/mol. The largest absolute Gasteiger partial charge is 0.490 e. The lowest BCUT2D eigenvalue weighted by atomic mass is 10.1. The van der Waals surface area contributed by atoms with E-state index in [0.717, 1.165) is 33.2 Å². The van der Waals surface area contributed by atoms with Crippen LogP contribution in [0.1, 0.15) is 27.7 Å². The number of benzene rings is 3. The molecule has 3 aromatic carbocycles. The Kier molecular flexibility index (Phi) is 13.4. The van der Waals surface area contributed by atoms with Gasteiger partial charge in [-0.05, 0) is 29.7 Å². The molecule has 4 rings (SSSR count). The zero-order chi connectivity index (χ0) is 26.6. The summed E-state index contributed by atoms with van der Waals surface area (Å²) in [6, 6.07) is 22.6. The van der Waals surface area contributed by atoms with Crippen LogP contribution >= 0.6 is 12.4 Å². The fourth-order valence-corrected chi connectivity index (χ4v) is 3.74. The molecule has 4 aromatic rings. The second-order valence-electron chi connectivity index (χ2n) is 9.73. The molecule has 208 valence electrons. The van der Waals surface area contributed by atoms with Crippen molar-refractivity contribution in [1.82, 2.24) is 15.6 Å². The summed E-state index contributed by atoms with van der Waals surface area (Å²) in [6.45, 7) is 9.89. The molecule has 0 spiro atoms. The first-order valence-electron chi connectivity index (χ1n) is 13.0. The van der Waals surface area contributed by atoms with E-state index in [1.807, 2.05) is 74.6 Å². The Balaban J connectivity index is 0.000000260. The molecular formula is C30H42ClN3O4. The van der Waals surface area contributed by atoms with E-state index in [-0.39, 0.29) is 12.4 Å². The second-order valence-corrected chi connectivity index (χ2v) is 9.73. The van der Waals surface area contributed by atoms with Crippen molar-refractivity contribution in [3.63, 3.8) is 0 Å². The highest BCUT2D eigenvalue weighted by molar-refractivity contribution is 5.88. The Morgan fingerprint density at radius 1 is 0.684 bits per heavy atom. The van der Waals surface area contributed by atoms with Crippen LogP contribution in [0.4, 0.5) is 0 Å². The van der Waals surface area contributed by atoms with E-state index in [2.05, 4.69) is 41.6 Å². The van der Waals surface area contributed by atoms with E-state index < -0.39 is 12.2 Å². The van der Waals surface area contributed by atoms with E-state index in [9.17, 15) is 10.2 Å². The van der Waals surface area contributed by atoms with Crippen LogP contribution in [-0.4, -0.2) is 65.8 Å². The first kappa shape index (κ1) is 31.4. The average molecular weight is 544 g/mol. The topological polar surface area (TPSA) is 98.8 Å². The molecule has 2 unspecified atom stereocenters. The summed E-state index contributed by atoms with van der Waals surface area (Å²) in [5, 5.41) is 29.3. The lowest BCUT2D eigenvalue weighted by molar-refractivity contribution is 0.105. The third kappa shape index (κ3) is 10.2. The number of aliphatic hydroxyl groups is 2. The molecule has 5 N–H and O–H groups in total. The monoisotopic (exact) mass is 543 g/mol. The summed E-state index contributed by atoms with van der Waals surface area (Å²) in [7, 11) is 0. The van der Waals surface area contributed by atoms with Gasteiger partial charge in [-0.25, -0.2) is 0 Å². The Bertz CT molecular complexity index is 1210. The number of nitrogens with one attached hydrogen (secondary N) is 3. The number of aromatic amines is 1. The van der Waals surface area contributed by atoms with Gasteiger partial charge in [-0.1, -0.05) is 70.2 Å². The number of H-pyrrole nitrogens is 1. The number of hydrogen-bond acceptors (Lipinski definition) is 6. The minimum atomic E-state index is -0.499. The molecule has 0 bridgehead atoms. The molecule has 0 radical (unpaired) electrons. The Hall–Kier alpha value is -2.81. The van der Waals surface area contributed by atoms with Gasteiger partial charge in [-0.2, -0.15) is 0 Å². The number of hydrogen-bond donors (Lipinski definition) is 5. The van der Waals surface area contributed by atoms with Gasteiger partial charge in [0.05, 0.1) is 0 Å². The van der Waals surface area contributed by atoms with Crippen molar-refractivity contribution in [2.24, 2.45) is 0 Å². The minimum Gasteiger partial charge on any atom is -0.490 e. The van der Waals surface area contributed by atoms with E-state index in [0.29, 0.717) is 38.4 Å². The maximum Gasteiger partial charge on any atom is 0.128 e. The van der Waals surface area contributed by atoms with Gasteiger partial charge in [-0.15, -0.1) is 12.4 Å². The molecule has 0 aliphatic rings. The van der Waals surface area contributed by atoms with Crippen LogP contribution in [0.15, 0.2) is 72.9 Å². The van der Waals surface area contributed by atoms with Crippen LogP contribution in [-0.2, 0) is 0 Å². The van der Waals surface area contributed by atoms with Gasteiger partial charge < -0.3 is 35.3 Å². The van der Waals surface area contributed by atoms with Crippen LogP contribution in [0.25, 0.3) is 21.7 Å². The van der Waals surface area contributed by atoms with Crippen LogP contribution in [0.3, 0.4) is 0 Å². The summed E-state index contributed by atoms with van der Waals surface area (Å²) in [5.74, 6) is 1.62. The van der Waals surface area contributed by atoms with E-state index in [1.165, 1.54) is 0 Å². The van der Waals surface area contributed by atoms with Gasteiger partial charge >= 0.3 is 0 Å². The zero-order valence-corrected chi connectivity index (χ0v) is 23.5. The van der Waals surface area contributed by atoms with Crippen LogP contribution in [0, 0.1) is 0 Å². The van der Waals surface area contributed by atoms with E-state index in [4.69, 9.17) is 9.47 Å². The Morgan fingerprint density at radius 3 is 1.82 bits per heavy atom. The fraction of sp³-hybridized carbons (Fsp3) is 0.400. The molecule has 0 aliphatic carbocycles. The van der Waals surface area contributed by atoms with Gasteiger partial charge in [0.25, 0.3) is 0 Å². The van der Waals surface area contributed by atoms with Crippen molar-refractivity contribution in [3.05, 3.63) is 72.9 Å². The molecule has 8 heteroatoms. The van der Waals surface area contributed by atoms with Crippen molar-refractivity contribution in [1.29, 1.82) is 0 Å². The number of halogens is 1. The third-order valence-electron chi connectivity index (χ3n) is 5.69. The zero-order valence-electron chi connectivity index (χ0n) is 22.7. The van der Waals surface area contributed by atoms with Crippen LogP contribution < -0.4 is 20.1 Å².